The van der Waals surface area contributed by atoms with Crippen molar-refractivity contribution >= 4 is 51.6 Å². The predicted molar refractivity (Wildman–Crippen MR) is 192 cm³/mol. The molecule has 3 heterocycles. The fourth-order valence-electron chi connectivity index (χ4n) is 6.48. The summed E-state index contributed by atoms with van der Waals surface area (Å²) < 4.78 is 7.08. The minimum absolute atomic E-state index is 0.0988. The molecule has 0 saturated carbocycles. The summed E-state index contributed by atoms with van der Waals surface area (Å²) >= 11 is 1.60. The zero-order valence-corrected chi connectivity index (χ0v) is 28.0. The van der Waals surface area contributed by atoms with Gasteiger partial charge in [0.1, 0.15) is 5.69 Å². The summed E-state index contributed by atoms with van der Waals surface area (Å²) in [6.07, 6.45) is 9.52. The van der Waals surface area contributed by atoms with E-state index in [0.29, 0.717) is 17.1 Å². The summed E-state index contributed by atoms with van der Waals surface area (Å²) in [7, 11) is 3.46. The van der Waals surface area contributed by atoms with Crippen molar-refractivity contribution in [1.29, 1.82) is 0 Å². The molecular formula is C37H41N5O4S. The van der Waals surface area contributed by atoms with Crippen molar-refractivity contribution < 1.29 is 14.3 Å². The number of hydrogen-bond acceptors (Lipinski definition) is 7. The van der Waals surface area contributed by atoms with E-state index < -0.39 is 0 Å². The highest BCUT2D eigenvalue weighted by atomic mass is 32.1. The molecule has 0 unspecified atom stereocenters. The molecule has 2 aliphatic rings. The van der Waals surface area contributed by atoms with E-state index >= 15 is 0 Å². The molecule has 0 atom stereocenters. The number of ether oxygens (including phenoxy) is 1. The monoisotopic (exact) mass is 651 g/mol. The molecule has 1 aliphatic heterocycles. The van der Waals surface area contributed by atoms with Crippen LogP contribution in [0.5, 0.6) is 0 Å². The lowest BCUT2D eigenvalue weighted by Gasteiger charge is -2.34. The van der Waals surface area contributed by atoms with Gasteiger partial charge in [-0.3, -0.25) is 14.4 Å². The molecule has 10 heteroatoms. The van der Waals surface area contributed by atoms with Crippen LogP contribution in [-0.4, -0.2) is 42.7 Å². The van der Waals surface area contributed by atoms with Gasteiger partial charge in [-0.2, -0.15) is 0 Å². The van der Waals surface area contributed by atoms with Crippen molar-refractivity contribution in [1.82, 2.24) is 4.57 Å². The second-order valence-electron chi connectivity index (χ2n) is 12.2. The first-order valence-electron chi connectivity index (χ1n) is 16.1. The number of fused-ring (bicyclic) bond motifs is 1. The molecule has 2 amide bonds. The van der Waals surface area contributed by atoms with Gasteiger partial charge >= 0.3 is 0 Å². The number of aryl methyl sites for hydroxylation is 3. The smallest absolute Gasteiger partial charge is 0.274 e. The summed E-state index contributed by atoms with van der Waals surface area (Å²) in [6.45, 7) is 7.19. The van der Waals surface area contributed by atoms with E-state index in [9.17, 15) is 14.4 Å². The number of piperidine rings is 1. The lowest BCUT2D eigenvalue weighted by molar-refractivity contribution is -0.111. The fourth-order valence-corrected chi connectivity index (χ4v) is 7.63. The summed E-state index contributed by atoms with van der Waals surface area (Å²) in [5, 5.41) is 9.36. The Bertz CT molecular complexity index is 1860. The number of pyridine rings is 1. The lowest BCUT2D eigenvalue weighted by Crippen LogP contribution is -2.37. The third-order valence-corrected chi connectivity index (χ3v) is 10.4. The zero-order valence-electron chi connectivity index (χ0n) is 27.2. The molecule has 2 aromatic heterocycles. The summed E-state index contributed by atoms with van der Waals surface area (Å²) in [5.74, 6) is -0.410. The number of benzene rings is 2. The number of aromatic nitrogens is 1. The van der Waals surface area contributed by atoms with Gasteiger partial charge in [0.25, 0.3) is 11.5 Å². The predicted octanol–water partition coefficient (Wildman–Crippen LogP) is 7.04. The molecule has 2 aromatic carbocycles. The third-order valence-electron chi connectivity index (χ3n) is 9.13. The lowest BCUT2D eigenvalue weighted by atomic mass is 9.99. The SMILES string of the molecule is C=CC(=O)Nc1cc(Nc2cc(-c3cccc(NC(=O)c4cc5c(s4)CCCC5)c3C)cn(C)c2=O)ccc1N1CCC(OC)CC1. The average Bonchev–Trinajstić information content (AvgIpc) is 3.53. The van der Waals surface area contributed by atoms with Crippen LogP contribution in [0.2, 0.25) is 0 Å². The number of rotatable bonds is 9. The highest BCUT2D eigenvalue weighted by molar-refractivity contribution is 7.14. The summed E-state index contributed by atoms with van der Waals surface area (Å²) in [4.78, 5) is 43.3. The Kier molecular flexibility index (Phi) is 9.60. The average molecular weight is 652 g/mol. The largest absolute Gasteiger partial charge is 0.381 e. The van der Waals surface area contributed by atoms with Gasteiger partial charge < -0.3 is 30.2 Å². The Hall–Kier alpha value is -4.67. The number of hydrogen-bond donors (Lipinski definition) is 3. The first-order chi connectivity index (χ1) is 22.7. The highest BCUT2D eigenvalue weighted by Crippen LogP contribution is 2.35. The second kappa shape index (κ2) is 14.0. The van der Waals surface area contributed by atoms with Gasteiger partial charge in [0.15, 0.2) is 0 Å². The van der Waals surface area contributed by atoms with E-state index in [0.717, 1.165) is 71.7 Å². The standard InChI is InChI=1S/C37H41N5O4S/c1-5-35(43)39-30-21-26(13-14-32(30)42-17-15-27(46-4)16-18-42)38-31-19-25(22-41(3)37(31)45)28-10-8-11-29(23(28)2)40-36(44)34-20-24-9-6-7-12-33(24)47-34/h5,8,10-11,13-14,19-22,27,38H,1,6-7,9,12,15-18H2,2-4H3,(H,39,43)(H,40,44). The summed E-state index contributed by atoms with van der Waals surface area (Å²) in [6, 6.07) is 15.4. The number of carbonyl (C=O) groups excluding carboxylic acids is 2. The van der Waals surface area contributed by atoms with Gasteiger partial charge in [0, 0.05) is 55.3 Å². The molecular weight excluding hydrogens is 611 g/mol. The van der Waals surface area contributed by atoms with Crippen LogP contribution in [0.1, 0.15) is 51.4 Å². The second-order valence-corrected chi connectivity index (χ2v) is 13.4. The van der Waals surface area contributed by atoms with Crippen LogP contribution in [0.4, 0.5) is 28.4 Å². The molecule has 9 nitrogen and oxygen atoms in total. The van der Waals surface area contributed by atoms with Gasteiger partial charge in [0.05, 0.1) is 22.4 Å². The Morgan fingerprint density at radius 1 is 1.00 bits per heavy atom. The molecule has 1 fully saturated rings. The molecule has 6 rings (SSSR count). The van der Waals surface area contributed by atoms with E-state index in [1.165, 1.54) is 29.4 Å². The molecule has 244 valence electrons. The minimum Gasteiger partial charge on any atom is -0.381 e. The Labute approximate surface area is 279 Å². The van der Waals surface area contributed by atoms with Crippen LogP contribution in [0.3, 0.4) is 0 Å². The van der Waals surface area contributed by atoms with E-state index in [1.807, 2.05) is 55.5 Å². The van der Waals surface area contributed by atoms with Crippen LogP contribution < -0.4 is 26.4 Å². The number of nitrogens with zero attached hydrogens (tertiary/aromatic N) is 2. The number of thiophene rings is 1. The first kappa shape index (κ1) is 32.3. The van der Waals surface area contributed by atoms with E-state index in [1.54, 1.807) is 36.3 Å². The fraction of sp³-hybridized carbons (Fsp3) is 0.324. The Morgan fingerprint density at radius 3 is 2.53 bits per heavy atom. The van der Waals surface area contributed by atoms with Gasteiger partial charge in [-0.05, 0) is 105 Å². The van der Waals surface area contributed by atoms with Gasteiger partial charge in [-0.15, -0.1) is 11.3 Å². The van der Waals surface area contributed by atoms with E-state index in [2.05, 4.69) is 27.4 Å². The summed E-state index contributed by atoms with van der Waals surface area (Å²) in [5.41, 5.74) is 7.06. The van der Waals surface area contributed by atoms with Crippen molar-refractivity contribution in [2.75, 3.05) is 41.0 Å². The molecule has 3 N–H and O–H groups in total. The number of anilines is 5. The first-order valence-corrected chi connectivity index (χ1v) is 16.9. The number of nitrogens with one attached hydrogen (secondary N) is 3. The Balaban J connectivity index is 1.26. The Morgan fingerprint density at radius 2 is 1.79 bits per heavy atom. The highest BCUT2D eigenvalue weighted by Gasteiger charge is 2.22. The van der Waals surface area contributed by atoms with Gasteiger partial charge in [-0.1, -0.05) is 18.7 Å². The molecule has 1 saturated heterocycles. The maximum absolute atomic E-state index is 13.3. The van der Waals surface area contributed by atoms with E-state index in [-0.39, 0.29) is 23.5 Å². The van der Waals surface area contributed by atoms with Crippen LogP contribution >= 0.6 is 11.3 Å². The van der Waals surface area contributed by atoms with Crippen LogP contribution in [-0.2, 0) is 29.4 Å². The van der Waals surface area contributed by atoms with Gasteiger partial charge in [-0.25, -0.2) is 0 Å². The van der Waals surface area contributed by atoms with Crippen LogP contribution in [0.25, 0.3) is 11.1 Å². The molecule has 0 spiro atoms. The maximum atomic E-state index is 13.3. The molecule has 4 aromatic rings. The maximum Gasteiger partial charge on any atom is 0.274 e. The quantitative estimate of drug-likeness (QED) is 0.168. The van der Waals surface area contributed by atoms with Crippen molar-refractivity contribution in [3.63, 3.8) is 0 Å². The molecule has 0 bridgehead atoms. The molecule has 1 aliphatic carbocycles. The zero-order chi connectivity index (χ0) is 33.1. The normalized spacial score (nSPS) is 14.7. The molecule has 47 heavy (non-hydrogen) atoms. The van der Waals surface area contributed by atoms with Crippen molar-refractivity contribution in [3.05, 3.63) is 98.6 Å². The van der Waals surface area contributed by atoms with Crippen molar-refractivity contribution in [3.8, 4) is 11.1 Å². The number of carbonyl (C=O) groups is 2. The minimum atomic E-state index is -0.311. The van der Waals surface area contributed by atoms with Gasteiger partial charge in [0.2, 0.25) is 5.91 Å². The van der Waals surface area contributed by atoms with Crippen LogP contribution in [0, 0.1) is 6.92 Å². The molecule has 0 radical (unpaired) electrons. The van der Waals surface area contributed by atoms with Crippen LogP contribution in [0.15, 0.2) is 72.2 Å². The number of amides is 2. The van der Waals surface area contributed by atoms with E-state index in [4.69, 9.17) is 4.74 Å². The topological polar surface area (TPSA) is 105 Å². The number of methoxy groups -OCH3 is 1. The van der Waals surface area contributed by atoms with Crippen molar-refractivity contribution in [2.24, 2.45) is 7.05 Å². The van der Waals surface area contributed by atoms with Crippen molar-refractivity contribution in [2.45, 2.75) is 51.6 Å². The third kappa shape index (κ3) is 7.03.